The predicted molar refractivity (Wildman–Crippen MR) is 91.2 cm³/mol. The summed E-state index contributed by atoms with van der Waals surface area (Å²) >= 11 is 0. The summed E-state index contributed by atoms with van der Waals surface area (Å²) in [6, 6.07) is 3.52. The summed E-state index contributed by atoms with van der Waals surface area (Å²) in [4.78, 5) is 11.8. The summed E-state index contributed by atoms with van der Waals surface area (Å²) in [5, 5.41) is 5.87. The van der Waals surface area contributed by atoms with E-state index in [0.717, 1.165) is 44.8 Å². The predicted octanol–water partition coefficient (Wildman–Crippen LogP) is 1.63. The van der Waals surface area contributed by atoms with Gasteiger partial charge >= 0.3 is 0 Å². The van der Waals surface area contributed by atoms with Crippen LogP contribution in [0.5, 0.6) is 0 Å². The summed E-state index contributed by atoms with van der Waals surface area (Å²) in [6.45, 7) is 1.57. The minimum absolute atomic E-state index is 0. The molecule has 0 radical (unpaired) electrons. The van der Waals surface area contributed by atoms with Crippen LogP contribution in [0.1, 0.15) is 25.7 Å². The maximum atomic E-state index is 13.9. The first kappa shape index (κ1) is 19.1. The number of halogens is 2. The first-order valence-corrected chi connectivity index (χ1v) is 9.27. The molecule has 1 aliphatic carbocycles. The van der Waals surface area contributed by atoms with Gasteiger partial charge in [0, 0.05) is 17.6 Å². The number of piperidine rings is 1. The first-order valence-electron chi connectivity index (χ1n) is 7.79. The maximum Gasteiger partial charge on any atom is 0.243 e. The third-order valence-corrected chi connectivity index (χ3v) is 5.63. The van der Waals surface area contributed by atoms with E-state index in [-0.39, 0.29) is 30.3 Å². The maximum absolute atomic E-state index is 13.9. The van der Waals surface area contributed by atoms with Crippen LogP contribution in [0.15, 0.2) is 23.1 Å². The highest BCUT2D eigenvalue weighted by Crippen LogP contribution is 2.25. The number of carbonyl (C=O) groups excluding carboxylic acids is 1. The molecule has 3 N–H and O–H groups in total. The van der Waals surface area contributed by atoms with Gasteiger partial charge in [0.15, 0.2) is 0 Å². The second-order valence-corrected chi connectivity index (χ2v) is 7.74. The summed E-state index contributed by atoms with van der Waals surface area (Å²) in [7, 11) is -3.90. The quantitative estimate of drug-likeness (QED) is 0.727. The molecule has 24 heavy (non-hydrogen) atoms. The van der Waals surface area contributed by atoms with E-state index in [9.17, 15) is 17.6 Å². The van der Waals surface area contributed by atoms with Crippen LogP contribution < -0.4 is 15.4 Å². The fraction of sp³-hybridized carbons (Fsp3) is 0.533. The molecule has 134 valence electrons. The minimum atomic E-state index is -3.90. The van der Waals surface area contributed by atoms with Gasteiger partial charge in [0.2, 0.25) is 15.9 Å². The van der Waals surface area contributed by atoms with Crippen molar-refractivity contribution >= 4 is 34.0 Å². The molecule has 1 aromatic rings. The zero-order valence-electron chi connectivity index (χ0n) is 13.0. The van der Waals surface area contributed by atoms with Crippen molar-refractivity contribution in [2.45, 2.75) is 36.6 Å². The van der Waals surface area contributed by atoms with Crippen molar-refractivity contribution in [3.63, 3.8) is 0 Å². The van der Waals surface area contributed by atoms with Crippen molar-refractivity contribution in [1.82, 2.24) is 10.0 Å². The fourth-order valence-corrected chi connectivity index (χ4v) is 4.01. The lowest BCUT2D eigenvalue weighted by Gasteiger charge is -2.21. The monoisotopic (exact) mass is 377 g/mol. The molecule has 1 aromatic carbocycles. The molecule has 2 aliphatic rings. The van der Waals surface area contributed by atoms with Gasteiger partial charge in [-0.1, -0.05) is 0 Å². The number of anilines is 1. The van der Waals surface area contributed by atoms with Crippen LogP contribution in [0, 0.1) is 11.7 Å². The molecule has 1 saturated carbocycles. The molecule has 1 aliphatic heterocycles. The van der Waals surface area contributed by atoms with Gasteiger partial charge in [0.05, 0.1) is 0 Å². The molecule has 0 unspecified atom stereocenters. The topological polar surface area (TPSA) is 87.3 Å². The lowest BCUT2D eigenvalue weighted by atomic mass is 9.97. The molecule has 0 atom stereocenters. The van der Waals surface area contributed by atoms with Crippen LogP contribution in [0.2, 0.25) is 0 Å². The molecule has 3 rings (SSSR count). The SMILES string of the molecule is Cl.O=C(Nc1ccc(F)c(S(=O)(=O)NC2CC2)c1)C1CCNCC1. The van der Waals surface area contributed by atoms with Crippen molar-refractivity contribution < 1.29 is 17.6 Å². The highest BCUT2D eigenvalue weighted by atomic mass is 35.5. The van der Waals surface area contributed by atoms with Crippen LogP contribution in [0.4, 0.5) is 10.1 Å². The molecule has 0 bridgehead atoms. The van der Waals surface area contributed by atoms with Crippen molar-refractivity contribution in [2.75, 3.05) is 18.4 Å². The Kier molecular flexibility index (Phi) is 6.19. The normalized spacial score (nSPS) is 18.7. The van der Waals surface area contributed by atoms with E-state index in [1.54, 1.807) is 0 Å². The highest BCUT2D eigenvalue weighted by Gasteiger charge is 2.30. The van der Waals surface area contributed by atoms with Gasteiger partial charge in [-0.3, -0.25) is 4.79 Å². The van der Waals surface area contributed by atoms with E-state index in [4.69, 9.17) is 0 Å². The van der Waals surface area contributed by atoms with Gasteiger partial charge in [-0.25, -0.2) is 17.5 Å². The van der Waals surface area contributed by atoms with E-state index in [1.807, 2.05) is 0 Å². The van der Waals surface area contributed by atoms with E-state index in [0.29, 0.717) is 5.69 Å². The van der Waals surface area contributed by atoms with E-state index < -0.39 is 20.7 Å². The van der Waals surface area contributed by atoms with Crippen LogP contribution >= 0.6 is 12.4 Å². The number of amides is 1. The van der Waals surface area contributed by atoms with Crippen LogP contribution in [0.3, 0.4) is 0 Å². The summed E-state index contributed by atoms with van der Waals surface area (Å²) in [5.74, 6) is -1.08. The average molecular weight is 378 g/mol. The Hall–Kier alpha value is -1.22. The van der Waals surface area contributed by atoms with Gasteiger partial charge in [-0.15, -0.1) is 12.4 Å². The average Bonchev–Trinajstić information content (AvgIpc) is 3.33. The summed E-state index contributed by atoms with van der Waals surface area (Å²) < 4.78 is 40.7. The third kappa shape index (κ3) is 4.66. The van der Waals surface area contributed by atoms with Crippen LogP contribution in [-0.4, -0.2) is 33.5 Å². The first-order chi connectivity index (χ1) is 11.0. The lowest BCUT2D eigenvalue weighted by molar-refractivity contribution is -0.120. The molecular formula is C15H21ClFN3O3S. The number of hydrogen-bond donors (Lipinski definition) is 3. The molecule has 1 heterocycles. The zero-order chi connectivity index (χ0) is 16.4. The molecule has 6 nitrogen and oxygen atoms in total. The smallest absolute Gasteiger partial charge is 0.243 e. The molecule has 2 fully saturated rings. The molecular weight excluding hydrogens is 357 g/mol. The second kappa shape index (κ2) is 7.77. The second-order valence-electron chi connectivity index (χ2n) is 6.05. The number of nitrogens with one attached hydrogen (secondary N) is 3. The van der Waals surface area contributed by atoms with Gasteiger partial charge in [0.25, 0.3) is 0 Å². The van der Waals surface area contributed by atoms with Crippen LogP contribution in [0.25, 0.3) is 0 Å². The molecule has 9 heteroatoms. The van der Waals surface area contributed by atoms with Gasteiger partial charge < -0.3 is 10.6 Å². The number of sulfonamides is 1. The van der Waals surface area contributed by atoms with Gasteiger partial charge in [-0.05, 0) is 57.0 Å². The highest BCUT2D eigenvalue weighted by molar-refractivity contribution is 7.89. The van der Waals surface area contributed by atoms with E-state index >= 15 is 0 Å². The molecule has 1 amide bonds. The van der Waals surface area contributed by atoms with E-state index in [1.165, 1.54) is 12.1 Å². The van der Waals surface area contributed by atoms with Crippen molar-refractivity contribution in [1.29, 1.82) is 0 Å². The molecule has 1 saturated heterocycles. The zero-order valence-corrected chi connectivity index (χ0v) is 14.7. The standard InChI is InChI=1S/C15H20FN3O3S.ClH/c16-13-4-3-12(18-15(20)10-5-7-17-8-6-10)9-14(13)23(21,22)19-11-1-2-11;/h3-4,9-11,17,19H,1-2,5-8H2,(H,18,20);1H. The van der Waals surface area contributed by atoms with Crippen molar-refractivity contribution in [3.05, 3.63) is 24.0 Å². The summed E-state index contributed by atoms with van der Waals surface area (Å²) in [5.41, 5.74) is 0.297. The van der Waals surface area contributed by atoms with Gasteiger partial charge in [-0.2, -0.15) is 0 Å². The van der Waals surface area contributed by atoms with Crippen molar-refractivity contribution in [3.8, 4) is 0 Å². The lowest BCUT2D eigenvalue weighted by Crippen LogP contribution is -2.34. The number of rotatable bonds is 5. The molecule has 0 aromatic heterocycles. The summed E-state index contributed by atoms with van der Waals surface area (Å²) in [6.07, 6.45) is 3.02. The van der Waals surface area contributed by atoms with Gasteiger partial charge in [0.1, 0.15) is 10.7 Å². The minimum Gasteiger partial charge on any atom is -0.326 e. The Morgan fingerprint density at radius 2 is 1.83 bits per heavy atom. The Labute approximate surface area is 147 Å². The Bertz CT molecular complexity index is 704. The van der Waals surface area contributed by atoms with Crippen molar-refractivity contribution in [2.24, 2.45) is 5.92 Å². The van der Waals surface area contributed by atoms with Crippen LogP contribution in [-0.2, 0) is 14.8 Å². The Morgan fingerprint density at radius 3 is 2.46 bits per heavy atom. The largest absolute Gasteiger partial charge is 0.326 e. The number of benzene rings is 1. The Balaban J connectivity index is 0.00000208. The van der Waals surface area contributed by atoms with E-state index in [2.05, 4.69) is 15.4 Å². The molecule has 0 spiro atoms. The Morgan fingerprint density at radius 1 is 1.17 bits per heavy atom. The number of carbonyl (C=O) groups is 1. The number of hydrogen-bond acceptors (Lipinski definition) is 4. The fourth-order valence-electron chi connectivity index (χ4n) is 2.60. The third-order valence-electron chi connectivity index (χ3n) is 4.10.